The number of rotatable bonds is 6. The number of carbonyl (C=O) groups is 2. The molecule has 1 aromatic rings. The van der Waals surface area contributed by atoms with Crippen molar-refractivity contribution in [3.63, 3.8) is 0 Å². The quantitative estimate of drug-likeness (QED) is 0.640. The number of benzene rings is 1. The second-order valence-corrected chi connectivity index (χ2v) is 4.25. The van der Waals surface area contributed by atoms with Gasteiger partial charge in [-0.1, -0.05) is 18.2 Å². The van der Waals surface area contributed by atoms with Crippen LogP contribution in [-0.4, -0.2) is 24.5 Å². The Hall–Kier alpha value is -2.17. The average Bonchev–Trinajstić information content (AvgIpc) is 2.41. The van der Waals surface area contributed by atoms with Crippen LogP contribution in [0.1, 0.15) is 19.4 Å². The lowest BCUT2D eigenvalue weighted by atomic mass is 10.1. The van der Waals surface area contributed by atoms with Crippen molar-refractivity contribution in [2.45, 2.75) is 26.4 Å². The molecule has 1 amide bonds. The number of hydrogen-bond donors (Lipinski definition) is 1. The van der Waals surface area contributed by atoms with Crippen LogP contribution < -0.4 is 5.32 Å². The topological polar surface area (TPSA) is 55.4 Å². The summed E-state index contributed by atoms with van der Waals surface area (Å²) in [6.45, 7) is 3.60. The average molecular weight is 279 g/mol. The van der Waals surface area contributed by atoms with Gasteiger partial charge in [-0.3, -0.25) is 4.79 Å². The monoisotopic (exact) mass is 279 g/mol. The summed E-state index contributed by atoms with van der Waals surface area (Å²) in [4.78, 5) is 22.8. The highest BCUT2D eigenvalue weighted by Crippen LogP contribution is 2.03. The summed E-state index contributed by atoms with van der Waals surface area (Å²) in [5.41, 5.74) is 0.922. The van der Waals surface area contributed by atoms with E-state index in [1.807, 2.05) is 0 Å². The van der Waals surface area contributed by atoms with E-state index in [9.17, 15) is 14.0 Å². The maximum absolute atomic E-state index is 12.7. The number of carbonyl (C=O) groups excluding carboxylic acids is 2. The Morgan fingerprint density at radius 1 is 1.35 bits per heavy atom. The van der Waals surface area contributed by atoms with Crippen LogP contribution in [0.15, 0.2) is 36.4 Å². The van der Waals surface area contributed by atoms with Crippen molar-refractivity contribution in [2.24, 2.45) is 0 Å². The molecule has 1 aromatic carbocycles. The van der Waals surface area contributed by atoms with Gasteiger partial charge in [-0.05, 0) is 38.0 Å². The molecule has 0 aliphatic rings. The highest BCUT2D eigenvalue weighted by Gasteiger charge is 2.15. The molecule has 0 heterocycles. The molecule has 108 valence electrons. The predicted molar refractivity (Wildman–Crippen MR) is 73.5 cm³/mol. The van der Waals surface area contributed by atoms with Gasteiger partial charge in [-0.2, -0.15) is 0 Å². The number of esters is 1. The molecule has 0 unspecified atom stereocenters. The molecule has 0 saturated heterocycles. The highest BCUT2D eigenvalue weighted by atomic mass is 19.1. The van der Waals surface area contributed by atoms with Crippen molar-refractivity contribution >= 4 is 11.9 Å². The number of amides is 1. The molecule has 1 N–H and O–H groups in total. The summed E-state index contributed by atoms with van der Waals surface area (Å²) >= 11 is 0. The Morgan fingerprint density at radius 2 is 2.00 bits per heavy atom. The minimum Gasteiger partial charge on any atom is -0.449 e. The minimum absolute atomic E-state index is 0.290. The van der Waals surface area contributed by atoms with Crippen LogP contribution in [0.5, 0.6) is 0 Å². The van der Waals surface area contributed by atoms with Crippen LogP contribution in [0.25, 0.3) is 0 Å². The van der Waals surface area contributed by atoms with E-state index in [0.717, 1.165) is 5.56 Å². The zero-order chi connectivity index (χ0) is 15.0. The van der Waals surface area contributed by atoms with Crippen LogP contribution in [0.2, 0.25) is 0 Å². The largest absolute Gasteiger partial charge is 0.449 e. The van der Waals surface area contributed by atoms with Gasteiger partial charge in [0.2, 0.25) is 0 Å². The first kappa shape index (κ1) is 15.9. The number of hydrogen-bond acceptors (Lipinski definition) is 3. The van der Waals surface area contributed by atoms with Crippen molar-refractivity contribution in [2.75, 3.05) is 6.54 Å². The Bertz CT molecular complexity index is 482. The summed E-state index contributed by atoms with van der Waals surface area (Å²) in [5, 5.41) is 2.66. The number of halogens is 1. The fourth-order valence-electron chi connectivity index (χ4n) is 1.53. The summed E-state index contributed by atoms with van der Waals surface area (Å²) in [6, 6.07) is 6.07. The summed E-state index contributed by atoms with van der Waals surface area (Å²) in [5.74, 6) is -1.19. The van der Waals surface area contributed by atoms with Crippen LogP contribution in [-0.2, 0) is 20.7 Å². The van der Waals surface area contributed by atoms with Crippen LogP contribution in [0.3, 0.4) is 0 Å². The summed E-state index contributed by atoms with van der Waals surface area (Å²) < 4.78 is 17.6. The highest BCUT2D eigenvalue weighted by molar-refractivity contribution is 5.87. The third kappa shape index (κ3) is 5.65. The van der Waals surface area contributed by atoms with Crippen LogP contribution in [0, 0.1) is 5.82 Å². The van der Waals surface area contributed by atoms with Crippen molar-refractivity contribution < 1.29 is 18.7 Å². The Labute approximate surface area is 117 Å². The van der Waals surface area contributed by atoms with E-state index in [0.29, 0.717) is 13.0 Å². The first-order chi connectivity index (χ1) is 9.52. The molecule has 0 aromatic heterocycles. The first-order valence-electron chi connectivity index (χ1n) is 6.38. The summed E-state index contributed by atoms with van der Waals surface area (Å²) in [6.07, 6.45) is 2.54. The van der Waals surface area contributed by atoms with Crippen LogP contribution in [0.4, 0.5) is 4.39 Å². The Balaban J connectivity index is 2.32. The third-order valence-corrected chi connectivity index (χ3v) is 2.59. The van der Waals surface area contributed by atoms with E-state index in [1.54, 1.807) is 25.1 Å². The van der Waals surface area contributed by atoms with Crippen molar-refractivity contribution in [3.05, 3.63) is 47.8 Å². The van der Waals surface area contributed by atoms with E-state index in [-0.39, 0.29) is 11.7 Å². The van der Waals surface area contributed by atoms with Gasteiger partial charge < -0.3 is 10.1 Å². The molecular formula is C15H18FNO3. The minimum atomic E-state index is -0.841. The molecule has 0 saturated carbocycles. The zero-order valence-corrected chi connectivity index (χ0v) is 11.6. The lowest BCUT2D eigenvalue weighted by Crippen LogP contribution is -2.36. The second-order valence-electron chi connectivity index (χ2n) is 4.25. The molecule has 0 spiro atoms. The molecule has 4 nitrogen and oxygen atoms in total. The Kier molecular flexibility index (Phi) is 6.43. The van der Waals surface area contributed by atoms with E-state index < -0.39 is 12.1 Å². The standard InChI is InChI=1S/C15H18FNO3/c1-3-4-14(18)20-11(2)15(19)17-10-9-12-5-7-13(16)8-6-12/h3-8,11H,9-10H2,1-2H3,(H,17,19)/b4-3+/t11-/m1/s1. The fraction of sp³-hybridized carbons (Fsp3) is 0.333. The molecule has 20 heavy (non-hydrogen) atoms. The summed E-state index contributed by atoms with van der Waals surface area (Å²) in [7, 11) is 0. The Morgan fingerprint density at radius 3 is 2.60 bits per heavy atom. The predicted octanol–water partition coefficient (Wildman–Crippen LogP) is 1.99. The van der Waals surface area contributed by atoms with E-state index in [1.165, 1.54) is 25.1 Å². The molecule has 0 aliphatic carbocycles. The lowest BCUT2D eigenvalue weighted by molar-refractivity contribution is -0.150. The van der Waals surface area contributed by atoms with Crippen molar-refractivity contribution in [1.29, 1.82) is 0 Å². The van der Waals surface area contributed by atoms with E-state index >= 15 is 0 Å². The first-order valence-corrected chi connectivity index (χ1v) is 6.38. The molecular weight excluding hydrogens is 261 g/mol. The van der Waals surface area contributed by atoms with Gasteiger partial charge in [0, 0.05) is 12.6 Å². The van der Waals surface area contributed by atoms with Gasteiger partial charge in [0.1, 0.15) is 5.82 Å². The number of ether oxygens (including phenoxy) is 1. The smallest absolute Gasteiger partial charge is 0.331 e. The van der Waals surface area contributed by atoms with Crippen molar-refractivity contribution in [1.82, 2.24) is 5.32 Å². The number of nitrogens with one attached hydrogen (secondary N) is 1. The molecule has 0 radical (unpaired) electrons. The molecule has 1 atom stereocenters. The molecule has 0 aliphatic heterocycles. The van der Waals surface area contributed by atoms with Gasteiger partial charge in [0.05, 0.1) is 0 Å². The maximum atomic E-state index is 12.7. The molecule has 0 bridgehead atoms. The molecule has 0 fully saturated rings. The van der Waals surface area contributed by atoms with Gasteiger partial charge in [-0.25, -0.2) is 9.18 Å². The van der Waals surface area contributed by atoms with E-state index in [2.05, 4.69) is 5.32 Å². The van der Waals surface area contributed by atoms with Gasteiger partial charge in [0.15, 0.2) is 6.10 Å². The third-order valence-electron chi connectivity index (χ3n) is 2.59. The maximum Gasteiger partial charge on any atom is 0.331 e. The lowest BCUT2D eigenvalue weighted by Gasteiger charge is -2.12. The SMILES string of the molecule is C/C=C/C(=O)O[C@H](C)C(=O)NCCc1ccc(F)cc1. The van der Waals surface area contributed by atoms with E-state index in [4.69, 9.17) is 4.74 Å². The normalized spacial score (nSPS) is 12.2. The van der Waals surface area contributed by atoms with Gasteiger partial charge in [-0.15, -0.1) is 0 Å². The van der Waals surface area contributed by atoms with Gasteiger partial charge >= 0.3 is 5.97 Å². The second kappa shape index (κ2) is 8.09. The molecule has 5 heteroatoms. The van der Waals surface area contributed by atoms with Gasteiger partial charge in [0.25, 0.3) is 5.91 Å². The fourth-order valence-corrected chi connectivity index (χ4v) is 1.53. The van der Waals surface area contributed by atoms with Crippen LogP contribution >= 0.6 is 0 Å². The number of allylic oxidation sites excluding steroid dienone is 1. The zero-order valence-electron chi connectivity index (χ0n) is 11.6. The van der Waals surface area contributed by atoms with Crippen molar-refractivity contribution in [3.8, 4) is 0 Å². The molecule has 1 rings (SSSR count).